The lowest BCUT2D eigenvalue weighted by Gasteiger charge is -2.28. The monoisotopic (exact) mass is 174 g/mol. The van der Waals surface area contributed by atoms with Crippen LogP contribution < -0.4 is 0 Å². The maximum atomic E-state index is 2.37. The van der Waals surface area contributed by atoms with E-state index in [0.29, 0.717) is 0 Å². The van der Waals surface area contributed by atoms with Crippen molar-refractivity contribution in [2.24, 2.45) is 17.8 Å². The van der Waals surface area contributed by atoms with Gasteiger partial charge in [-0.3, -0.25) is 0 Å². The Balaban J connectivity index is 4.02. The molecule has 1 heteroatoms. The van der Waals surface area contributed by atoms with Crippen molar-refractivity contribution >= 4 is 11.8 Å². The first-order chi connectivity index (χ1) is 5.00. The van der Waals surface area contributed by atoms with Gasteiger partial charge in [0, 0.05) is 5.25 Å². The van der Waals surface area contributed by atoms with Crippen LogP contribution in [0.3, 0.4) is 0 Å². The van der Waals surface area contributed by atoms with Gasteiger partial charge in [-0.2, -0.15) is 11.8 Å². The minimum absolute atomic E-state index is 0.808. The predicted octanol–water partition coefficient (Wildman–Crippen LogP) is 3.67. The zero-order valence-electron chi connectivity index (χ0n) is 8.72. The summed E-state index contributed by atoms with van der Waals surface area (Å²) in [5.74, 6) is 2.46. The van der Waals surface area contributed by atoms with Crippen LogP contribution in [0.1, 0.15) is 34.6 Å². The van der Waals surface area contributed by atoms with Crippen molar-refractivity contribution in [3.8, 4) is 0 Å². The number of hydrogen-bond acceptors (Lipinski definition) is 1. The predicted molar refractivity (Wildman–Crippen MR) is 56.1 cm³/mol. The zero-order chi connectivity index (χ0) is 9.02. The Bertz CT molecular complexity index is 97.0. The minimum Gasteiger partial charge on any atom is -0.161 e. The Hall–Kier alpha value is 0.350. The van der Waals surface area contributed by atoms with Crippen molar-refractivity contribution in [2.45, 2.75) is 39.9 Å². The van der Waals surface area contributed by atoms with Crippen molar-refractivity contribution in [3.63, 3.8) is 0 Å². The molecule has 0 aliphatic rings. The Morgan fingerprint density at radius 2 is 1.27 bits per heavy atom. The average molecular weight is 174 g/mol. The van der Waals surface area contributed by atoms with Crippen molar-refractivity contribution in [1.29, 1.82) is 0 Å². The fourth-order valence-electron chi connectivity index (χ4n) is 1.47. The van der Waals surface area contributed by atoms with Gasteiger partial charge in [0.2, 0.25) is 0 Å². The van der Waals surface area contributed by atoms with E-state index < -0.39 is 0 Å². The molecule has 0 aromatic carbocycles. The van der Waals surface area contributed by atoms with Gasteiger partial charge in [0.1, 0.15) is 0 Å². The molecule has 0 aliphatic carbocycles. The number of hydrogen-bond donors (Lipinski definition) is 0. The van der Waals surface area contributed by atoms with E-state index in [1.165, 1.54) is 0 Å². The summed E-state index contributed by atoms with van der Waals surface area (Å²) in [6.45, 7) is 11.6. The molecule has 0 radical (unpaired) electrons. The molecule has 0 aromatic rings. The van der Waals surface area contributed by atoms with Crippen LogP contribution in [0.2, 0.25) is 0 Å². The minimum atomic E-state index is 0.808. The normalized spacial score (nSPS) is 17.5. The molecule has 0 rings (SSSR count). The van der Waals surface area contributed by atoms with Crippen molar-refractivity contribution in [2.75, 3.05) is 6.26 Å². The lowest BCUT2D eigenvalue weighted by molar-refractivity contribution is 0.357. The highest BCUT2D eigenvalue weighted by Crippen LogP contribution is 2.29. The van der Waals surface area contributed by atoms with Gasteiger partial charge in [0.15, 0.2) is 0 Å². The van der Waals surface area contributed by atoms with Gasteiger partial charge < -0.3 is 0 Å². The van der Waals surface area contributed by atoms with E-state index in [1.807, 2.05) is 11.8 Å². The molecule has 0 aliphatic heterocycles. The second-order valence-corrected chi connectivity index (χ2v) is 5.06. The molecule has 68 valence electrons. The maximum absolute atomic E-state index is 2.37. The largest absolute Gasteiger partial charge is 0.161 e. The van der Waals surface area contributed by atoms with Crippen LogP contribution >= 0.6 is 11.8 Å². The van der Waals surface area contributed by atoms with Crippen molar-refractivity contribution in [1.82, 2.24) is 0 Å². The second-order valence-electron chi connectivity index (χ2n) is 4.05. The Labute approximate surface area is 76.1 Å². The Kier molecular flexibility index (Phi) is 5.24. The molecule has 0 amide bonds. The van der Waals surface area contributed by atoms with Crippen LogP contribution in [0.4, 0.5) is 0 Å². The van der Waals surface area contributed by atoms with E-state index in [4.69, 9.17) is 0 Å². The highest BCUT2D eigenvalue weighted by atomic mass is 32.2. The van der Waals surface area contributed by atoms with E-state index >= 15 is 0 Å². The summed E-state index contributed by atoms with van der Waals surface area (Å²) in [6.07, 6.45) is 2.23. The third-order valence-corrected chi connectivity index (χ3v) is 4.02. The smallest absolute Gasteiger partial charge is 0.00953 e. The van der Waals surface area contributed by atoms with Crippen LogP contribution in [0, 0.1) is 17.8 Å². The average Bonchev–Trinajstić information content (AvgIpc) is 1.88. The summed E-state index contributed by atoms with van der Waals surface area (Å²) in [5, 5.41) is 0.829. The summed E-state index contributed by atoms with van der Waals surface area (Å²) in [7, 11) is 0. The molecule has 11 heavy (non-hydrogen) atoms. The van der Waals surface area contributed by atoms with Crippen LogP contribution in [0.5, 0.6) is 0 Å². The van der Waals surface area contributed by atoms with Gasteiger partial charge in [-0.05, 0) is 24.0 Å². The standard InChI is InChI=1S/C10H22S/c1-7(2)9(5)10(11-6)8(3)4/h7-10H,1-6H3/t9?,10-/m0/s1. The molecule has 0 bridgehead atoms. The topological polar surface area (TPSA) is 0 Å². The van der Waals surface area contributed by atoms with Gasteiger partial charge in [0.25, 0.3) is 0 Å². The van der Waals surface area contributed by atoms with E-state index in [-0.39, 0.29) is 0 Å². The van der Waals surface area contributed by atoms with Gasteiger partial charge in [-0.1, -0.05) is 34.6 Å². The molecule has 0 N–H and O–H groups in total. The summed E-state index contributed by atoms with van der Waals surface area (Å²) < 4.78 is 0. The van der Waals surface area contributed by atoms with Crippen LogP contribution in [0.15, 0.2) is 0 Å². The lowest BCUT2D eigenvalue weighted by Crippen LogP contribution is -2.24. The zero-order valence-corrected chi connectivity index (χ0v) is 9.53. The van der Waals surface area contributed by atoms with E-state index in [9.17, 15) is 0 Å². The summed E-state index contributed by atoms with van der Waals surface area (Å²) in [5.41, 5.74) is 0. The number of thioether (sulfide) groups is 1. The number of rotatable bonds is 4. The van der Waals surface area contributed by atoms with E-state index in [2.05, 4.69) is 40.9 Å². The van der Waals surface area contributed by atoms with E-state index in [0.717, 1.165) is 23.0 Å². The highest BCUT2D eigenvalue weighted by Gasteiger charge is 2.21. The van der Waals surface area contributed by atoms with Gasteiger partial charge in [0.05, 0.1) is 0 Å². The molecule has 0 aromatic heterocycles. The van der Waals surface area contributed by atoms with Gasteiger partial charge >= 0.3 is 0 Å². The second kappa shape index (κ2) is 5.08. The van der Waals surface area contributed by atoms with Crippen LogP contribution in [-0.4, -0.2) is 11.5 Å². The van der Waals surface area contributed by atoms with E-state index in [1.54, 1.807) is 0 Å². The molecule has 0 spiro atoms. The molecular weight excluding hydrogens is 152 g/mol. The first kappa shape index (κ1) is 11.4. The molecule has 0 saturated carbocycles. The lowest BCUT2D eigenvalue weighted by atomic mass is 9.89. The first-order valence-electron chi connectivity index (χ1n) is 4.53. The third kappa shape index (κ3) is 3.50. The summed E-state index contributed by atoms with van der Waals surface area (Å²) >= 11 is 2.01. The molecule has 0 fully saturated rings. The van der Waals surface area contributed by atoms with Crippen LogP contribution in [0.25, 0.3) is 0 Å². The fraction of sp³-hybridized carbons (Fsp3) is 1.00. The SMILES string of the molecule is CS[C@@H](C(C)C)C(C)C(C)C. The maximum Gasteiger partial charge on any atom is 0.00953 e. The van der Waals surface area contributed by atoms with Crippen molar-refractivity contribution < 1.29 is 0 Å². The quantitative estimate of drug-likeness (QED) is 0.626. The Morgan fingerprint density at radius 1 is 0.818 bits per heavy atom. The molecule has 1 unspecified atom stereocenters. The van der Waals surface area contributed by atoms with Gasteiger partial charge in [-0.25, -0.2) is 0 Å². The fourth-order valence-corrected chi connectivity index (χ4v) is 2.76. The summed E-state index contributed by atoms with van der Waals surface area (Å²) in [4.78, 5) is 0. The van der Waals surface area contributed by atoms with Gasteiger partial charge in [-0.15, -0.1) is 0 Å². The third-order valence-electron chi connectivity index (χ3n) is 2.50. The molecular formula is C10H22S. The molecule has 0 heterocycles. The Morgan fingerprint density at radius 3 is 1.36 bits per heavy atom. The molecule has 2 atom stereocenters. The first-order valence-corrected chi connectivity index (χ1v) is 5.82. The molecule has 0 saturated heterocycles. The highest BCUT2D eigenvalue weighted by molar-refractivity contribution is 7.99. The summed E-state index contributed by atoms with van der Waals surface area (Å²) in [6, 6.07) is 0. The van der Waals surface area contributed by atoms with Crippen molar-refractivity contribution in [3.05, 3.63) is 0 Å². The van der Waals surface area contributed by atoms with Crippen LogP contribution in [-0.2, 0) is 0 Å². The molecule has 0 nitrogen and oxygen atoms in total.